The van der Waals surface area contributed by atoms with Crippen molar-refractivity contribution in [2.24, 2.45) is 0 Å². The van der Waals surface area contributed by atoms with Crippen LogP contribution < -0.4 is 0 Å². The van der Waals surface area contributed by atoms with Gasteiger partial charge in [-0.05, 0) is 11.6 Å². The van der Waals surface area contributed by atoms with Crippen LogP contribution in [0, 0.1) is 10.1 Å². The number of benzene rings is 1. The van der Waals surface area contributed by atoms with Gasteiger partial charge in [0.05, 0.1) is 11.1 Å². The first kappa shape index (κ1) is 11.9. The van der Waals surface area contributed by atoms with Crippen LogP contribution in [0.15, 0.2) is 40.3 Å². The number of hydrogen-bond donors (Lipinski definition) is 0. The van der Waals surface area contributed by atoms with Gasteiger partial charge in [0.1, 0.15) is 6.26 Å². The average molecular weight is 271 g/mol. The van der Waals surface area contributed by atoms with Crippen molar-refractivity contribution in [2.75, 3.05) is 0 Å². The molecular formula is C10H7ClN2O3S. The Morgan fingerprint density at radius 3 is 3.00 bits per heavy atom. The van der Waals surface area contributed by atoms with Gasteiger partial charge >= 0.3 is 0 Å². The molecule has 0 N–H and O–H groups in total. The number of nitro groups is 1. The molecule has 7 heteroatoms. The highest BCUT2D eigenvalue weighted by atomic mass is 35.5. The lowest BCUT2D eigenvalue weighted by Crippen LogP contribution is -1.90. The normalized spacial score (nSPS) is 10.4. The molecule has 1 aromatic heterocycles. The molecule has 0 bridgehead atoms. The fraction of sp³-hybridized carbons (Fsp3) is 0.100. The van der Waals surface area contributed by atoms with Gasteiger partial charge < -0.3 is 4.42 Å². The van der Waals surface area contributed by atoms with Crippen molar-refractivity contribution >= 4 is 29.1 Å². The lowest BCUT2D eigenvalue weighted by Gasteiger charge is -2.01. The lowest BCUT2D eigenvalue weighted by molar-refractivity contribution is -0.384. The predicted molar refractivity (Wildman–Crippen MR) is 64.2 cm³/mol. The molecule has 0 spiro atoms. The Hall–Kier alpha value is -1.53. The second-order valence-electron chi connectivity index (χ2n) is 3.12. The van der Waals surface area contributed by atoms with Crippen LogP contribution >= 0.6 is 23.4 Å². The van der Waals surface area contributed by atoms with Crippen LogP contribution in [-0.4, -0.2) is 9.91 Å². The standard InChI is InChI=1S/C10H7ClN2O3S/c11-9-2-1-8(13(14)15)5-7(9)6-17-10-12-3-4-16-10/h1-5H,6H2. The van der Waals surface area contributed by atoms with Crippen molar-refractivity contribution in [1.29, 1.82) is 0 Å². The number of halogens is 1. The molecule has 0 amide bonds. The van der Waals surface area contributed by atoms with E-state index in [4.69, 9.17) is 16.0 Å². The summed E-state index contributed by atoms with van der Waals surface area (Å²) in [4.78, 5) is 14.1. The quantitative estimate of drug-likeness (QED) is 0.483. The van der Waals surface area contributed by atoms with E-state index in [1.165, 1.54) is 42.4 Å². The Kier molecular flexibility index (Phi) is 3.65. The molecule has 0 unspecified atom stereocenters. The maximum absolute atomic E-state index is 10.6. The predicted octanol–water partition coefficient (Wildman–Crippen LogP) is 3.53. The van der Waals surface area contributed by atoms with E-state index in [9.17, 15) is 10.1 Å². The van der Waals surface area contributed by atoms with E-state index in [-0.39, 0.29) is 5.69 Å². The van der Waals surface area contributed by atoms with Crippen LogP contribution in [-0.2, 0) is 5.75 Å². The zero-order valence-electron chi connectivity index (χ0n) is 8.50. The number of oxazole rings is 1. The third kappa shape index (κ3) is 2.98. The summed E-state index contributed by atoms with van der Waals surface area (Å²) in [5, 5.41) is 11.6. The molecule has 0 atom stereocenters. The molecule has 2 aromatic rings. The highest BCUT2D eigenvalue weighted by Gasteiger charge is 2.10. The van der Waals surface area contributed by atoms with Crippen LogP contribution in [0.1, 0.15) is 5.56 Å². The molecule has 5 nitrogen and oxygen atoms in total. The summed E-state index contributed by atoms with van der Waals surface area (Å²) in [6, 6.07) is 4.35. The minimum Gasteiger partial charge on any atom is -0.440 e. The molecule has 2 rings (SSSR count). The van der Waals surface area contributed by atoms with E-state index in [1.807, 2.05) is 0 Å². The highest BCUT2D eigenvalue weighted by Crippen LogP contribution is 2.28. The topological polar surface area (TPSA) is 69.2 Å². The first-order valence-electron chi connectivity index (χ1n) is 4.62. The minimum absolute atomic E-state index is 0.0254. The molecule has 17 heavy (non-hydrogen) atoms. The summed E-state index contributed by atoms with van der Waals surface area (Å²) < 4.78 is 5.05. The molecule has 0 fully saturated rings. The highest BCUT2D eigenvalue weighted by molar-refractivity contribution is 7.98. The fourth-order valence-electron chi connectivity index (χ4n) is 1.21. The number of non-ortho nitro benzene ring substituents is 1. The Bertz CT molecular complexity index is 530. The van der Waals surface area contributed by atoms with Gasteiger partial charge in [0, 0.05) is 22.9 Å². The number of rotatable bonds is 4. The number of hydrogen-bond acceptors (Lipinski definition) is 5. The SMILES string of the molecule is O=[N+]([O-])c1ccc(Cl)c(CSc2ncco2)c1. The monoisotopic (exact) mass is 270 g/mol. The number of nitrogens with zero attached hydrogens (tertiary/aromatic N) is 2. The van der Waals surface area contributed by atoms with Gasteiger partial charge in [-0.25, -0.2) is 4.98 Å². The van der Waals surface area contributed by atoms with Gasteiger partial charge in [0.25, 0.3) is 10.9 Å². The third-order valence-corrected chi connectivity index (χ3v) is 3.27. The Morgan fingerprint density at radius 2 is 2.35 bits per heavy atom. The van der Waals surface area contributed by atoms with Crippen LogP contribution in [0.25, 0.3) is 0 Å². The summed E-state index contributed by atoms with van der Waals surface area (Å²) in [6.45, 7) is 0. The molecule has 0 radical (unpaired) electrons. The van der Waals surface area contributed by atoms with Gasteiger partial charge in [-0.2, -0.15) is 0 Å². The van der Waals surface area contributed by atoms with E-state index in [0.29, 0.717) is 21.6 Å². The number of thioether (sulfide) groups is 1. The zero-order chi connectivity index (χ0) is 12.3. The van der Waals surface area contributed by atoms with E-state index >= 15 is 0 Å². The van der Waals surface area contributed by atoms with Crippen molar-refractivity contribution in [1.82, 2.24) is 4.98 Å². The van der Waals surface area contributed by atoms with Crippen molar-refractivity contribution < 1.29 is 9.34 Å². The number of aromatic nitrogens is 1. The first-order valence-corrected chi connectivity index (χ1v) is 5.98. The molecule has 0 aliphatic heterocycles. The van der Waals surface area contributed by atoms with Crippen LogP contribution in [0.4, 0.5) is 5.69 Å². The molecule has 88 valence electrons. The van der Waals surface area contributed by atoms with Gasteiger partial charge in [-0.3, -0.25) is 10.1 Å². The molecule has 1 heterocycles. The summed E-state index contributed by atoms with van der Waals surface area (Å²) >= 11 is 7.28. The maximum Gasteiger partial charge on any atom is 0.269 e. The Balaban J connectivity index is 2.14. The Labute approximate surface area is 106 Å². The van der Waals surface area contributed by atoms with Crippen molar-refractivity contribution in [3.8, 4) is 0 Å². The van der Waals surface area contributed by atoms with E-state index < -0.39 is 4.92 Å². The summed E-state index contributed by atoms with van der Waals surface area (Å²) in [5.74, 6) is 0.473. The van der Waals surface area contributed by atoms with Gasteiger partial charge in [-0.1, -0.05) is 23.4 Å². The second kappa shape index (κ2) is 5.20. The minimum atomic E-state index is -0.449. The lowest BCUT2D eigenvalue weighted by atomic mass is 10.2. The molecule has 0 saturated heterocycles. The largest absolute Gasteiger partial charge is 0.440 e. The van der Waals surface area contributed by atoms with Crippen molar-refractivity contribution in [3.05, 3.63) is 51.4 Å². The van der Waals surface area contributed by atoms with E-state index in [2.05, 4.69) is 4.98 Å². The van der Waals surface area contributed by atoms with Crippen molar-refractivity contribution in [2.45, 2.75) is 11.0 Å². The fourth-order valence-corrected chi connectivity index (χ4v) is 2.25. The zero-order valence-corrected chi connectivity index (χ0v) is 10.1. The van der Waals surface area contributed by atoms with Gasteiger partial charge in [0.2, 0.25) is 0 Å². The van der Waals surface area contributed by atoms with Crippen LogP contribution in [0.2, 0.25) is 5.02 Å². The van der Waals surface area contributed by atoms with Gasteiger partial charge in [0.15, 0.2) is 0 Å². The molecule has 0 aliphatic carbocycles. The van der Waals surface area contributed by atoms with Crippen LogP contribution in [0.5, 0.6) is 0 Å². The van der Waals surface area contributed by atoms with Crippen LogP contribution in [0.3, 0.4) is 0 Å². The summed E-state index contributed by atoms with van der Waals surface area (Å²) in [5.41, 5.74) is 0.710. The molecule has 1 aromatic carbocycles. The number of nitro benzene ring substituents is 1. The Morgan fingerprint density at radius 1 is 1.53 bits per heavy atom. The van der Waals surface area contributed by atoms with E-state index in [1.54, 1.807) is 0 Å². The molecule has 0 aliphatic rings. The van der Waals surface area contributed by atoms with Gasteiger partial charge in [-0.15, -0.1) is 0 Å². The second-order valence-corrected chi connectivity index (χ2v) is 4.45. The summed E-state index contributed by atoms with van der Waals surface area (Å²) in [7, 11) is 0. The third-order valence-electron chi connectivity index (χ3n) is 2.00. The van der Waals surface area contributed by atoms with E-state index in [0.717, 1.165) is 0 Å². The summed E-state index contributed by atoms with van der Waals surface area (Å²) in [6.07, 6.45) is 3.01. The smallest absolute Gasteiger partial charge is 0.269 e. The maximum atomic E-state index is 10.6. The first-order chi connectivity index (χ1) is 8.16. The molecular weight excluding hydrogens is 264 g/mol. The average Bonchev–Trinajstić information content (AvgIpc) is 2.80. The van der Waals surface area contributed by atoms with Crippen molar-refractivity contribution in [3.63, 3.8) is 0 Å². The molecule has 0 saturated carbocycles.